The number of nitriles is 1. The van der Waals surface area contributed by atoms with Gasteiger partial charge in [0.15, 0.2) is 5.69 Å². The zero-order valence-corrected chi connectivity index (χ0v) is 10.5. The van der Waals surface area contributed by atoms with Gasteiger partial charge in [-0.3, -0.25) is 0 Å². The lowest BCUT2D eigenvalue weighted by Crippen LogP contribution is -1.90. The second kappa shape index (κ2) is 5.09. The van der Waals surface area contributed by atoms with Gasteiger partial charge in [-0.1, -0.05) is 18.2 Å². The second-order valence-corrected chi connectivity index (χ2v) is 4.21. The standard InChI is InChI=1S/C14H7F2N5/c15-12-5-10(6-13(16)18-12)8-2-1-3-9(4-8)14-11(7-17)19-21-20-14/h1-6H,(H,19,20,21). The molecule has 1 aromatic carbocycles. The van der Waals surface area contributed by atoms with Crippen molar-refractivity contribution in [3.8, 4) is 28.5 Å². The fraction of sp³-hybridized carbons (Fsp3) is 0. The summed E-state index contributed by atoms with van der Waals surface area (Å²) in [5.41, 5.74) is 2.09. The number of benzene rings is 1. The molecular weight excluding hydrogens is 276 g/mol. The Balaban J connectivity index is 2.11. The first-order chi connectivity index (χ1) is 10.2. The summed E-state index contributed by atoms with van der Waals surface area (Å²) in [6.45, 7) is 0. The van der Waals surface area contributed by atoms with Crippen molar-refractivity contribution in [1.29, 1.82) is 5.26 Å². The summed E-state index contributed by atoms with van der Waals surface area (Å²) in [4.78, 5) is 3.06. The Kier molecular flexibility index (Phi) is 3.12. The number of hydrogen-bond donors (Lipinski definition) is 1. The number of pyridine rings is 1. The number of aromatic amines is 1. The Morgan fingerprint density at radius 1 is 0.952 bits per heavy atom. The molecule has 0 amide bonds. The predicted octanol–water partition coefficient (Wildman–Crippen LogP) is 2.68. The van der Waals surface area contributed by atoms with Gasteiger partial charge in [-0.05, 0) is 17.2 Å². The zero-order valence-electron chi connectivity index (χ0n) is 10.5. The highest BCUT2D eigenvalue weighted by atomic mass is 19.1. The third-order valence-corrected chi connectivity index (χ3v) is 2.89. The molecular formula is C14H7F2N5. The molecule has 0 aliphatic heterocycles. The van der Waals surface area contributed by atoms with E-state index in [1.54, 1.807) is 24.3 Å². The third kappa shape index (κ3) is 2.47. The van der Waals surface area contributed by atoms with Crippen LogP contribution in [0.4, 0.5) is 8.78 Å². The summed E-state index contributed by atoms with van der Waals surface area (Å²) in [5, 5.41) is 18.9. The van der Waals surface area contributed by atoms with Crippen LogP contribution >= 0.6 is 0 Å². The van der Waals surface area contributed by atoms with E-state index in [2.05, 4.69) is 20.4 Å². The highest BCUT2D eigenvalue weighted by Crippen LogP contribution is 2.26. The smallest absolute Gasteiger partial charge is 0.196 e. The average molecular weight is 283 g/mol. The summed E-state index contributed by atoms with van der Waals surface area (Å²) < 4.78 is 26.4. The molecule has 0 unspecified atom stereocenters. The molecule has 0 bridgehead atoms. The minimum absolute atomic E-state index is 0.152. The zero-order chi connectivity index (χ0) is 14.8. The molecule has 2 heterocycles. The van der Waals surface area contributed by atoms with Crippen molar-refractivity contribution >= 4 is 0 Å². The van der Waals surface area contributed by atoms with Gasteiger partial charge in [0, 0.05) is 17.7 Å². The molecule has 0 aliphatic rings. The van der Waals surface area contributed by atoms with Crippen LogP contribution < -0.4 is 0 Å². The summed E-state index contributed by atoms with van der Waals surface area (Å²) in [7, 11) is 0. The molecule has 0 radical (unpaired) electrons. The third-order valence-electron chi connectivity index (χ3n) is 2.89. The molecule has 3 rings (SSSR count). The average Bonchev–Trinajstić information content (AvgIpc) is 2.95. The van der Waals surface area contributed by atoms with Crippen LogP contribution in [0.5, 0.6) is 0 Å². The van der Waals surface area contributed by atoms with Crippen molar-refractivity contribution < 1.29 is 8.78 Å². The van der Waals surface area contributed by atoms with Gasteiger partial charge in [0.25, 0.3) is 0 Å². The van der Waals surface area contributed by atoms with Crippen LogP contribution in [-0.4, -0.2) is 20.4 Å². The fourth-order valence-electron chi connectivity index (χ4n) is 1.99. The Bertz CT molecular complexity index is 830. The maximum absolute atomic E-state index is 13.2. The van der Waals surface area contributed by atoms with E-state index in [0.717, 1.165) is 12.1 Å². The molecule has 0 aliphatic carbocycles. The number of hydrogen-bond acceptors (Lipinski definition) is 4. The Hall–Kier alpha value is -3.14. The summed E-state index contributed by atoms with van der Waals surface area (Å²) in [6, 6.07) is 11.0. The van der Waals surface area contributed by atoms with Crippen LogP contribution in [0.2, 0.25) is 0 Å². The lowest BCUT2D eigenvalue weighted by atomic mass is 10.0. The molecule has 21 heavy (non-hydrogen) atoms. The lowest BCUT2D eigenvalue weighted by Gasteiger charge is -2.04. The summed E-state index contributed by atoms with van der Waals surface area (Å²) >= 11 is 0. The molecule has 5 nitrogen and oxygen atoms in total. The summed E-state index contributed by atoms with van der Waals surface area (Å²) in [6.07, 6.45) is 0. The number of H-pyrrole nitrogens is 1. The SMILES string of the molecule is N#Cc1n[nH]nc1-c1cccc(-c2cc(F)nc(F)c2)c1. The van der Waals surface area contributed by atoms with Gasteiger partial charge in [0.1, 0.15) is 11.8 Å². The largest absolute Gasteiger partial charge is 0.216 e. The topological polar surface area (TPSA) is 78.2 Å². The Morgan fingerprint density at radius 3 is 2.38 bits per heavy atom. The van der Waals surface area contributed by atoms with E-state index in [1.807, 2.05) is 6.07 Å². The first kappa shape index (κ1) is 12.9. The molecule has 0 spiro atoms. The number of nitrogens with zero attached hydrogens (tertiary/aromatic N) is 4. The van der Waals surface area contributed by atoms with Gasteiger partial charge >= 0.3 is 0 Å². The molecule has 1 N–H and O–H groups in total. The van der Waals surface area contributed by atoms with E-state index < -0.39 is 11.9 Å². The molecule has 0 atom stereocenters. The van der Waals surface area contributed by atoms with Crippen molar-refractivity contribution in [2.24, 2.45) is 0 Å². The molecule has 2 aromatic heterocycles. The maximum Gasteiger partial charge on any atom is 0.216 e. The number of rotatable bonds is 2. The maximum atomic E-state index is 13.2. The van der Waals surface area contributed by atoms with Crippen LogP contribution in [0.15, 0.2) is 36.4 Å². The van der Waals surface area contributed by atoms with Gasteiger partial charge in [-0.15, -0.1) is 5.10 Å². The van der Waals surface area contributed by atoms with Crippen molar-refractivity contribution in [1.82, 2.24) is 20.4 Å². The minimum Gasteiger partial charge on any atom is -0.196 e. The number of nitrogens with one attached hydrogen (secondary N) is 1. The molecule has 3 aromatic rings. The number of aromatic nitrogens is 4. The quantitative estimate of drug-likeness (QED) is 0.733. The van der Waals surface area contributed by atoms with E-state index in [9.17, 15) is 8.78 Å². The van der Waals surface area contributed by atoms with Gasteiger partial charge in [-0.25, -0.2) is 0 Å². The summed E-state index contributed by atoms with van der Waals surface area (Å²) in [5.74, 6) is -1.79. The Morgan fingerprint density at radius 2 is 1.67 bits per heavy atom. The van der Waals surface area contributed by atoms with Gasteiger partial charge < -0.3 is 0 Å². The van der Waals surface area contributed by atoms with Crippen LogP contribution in [0.3, 0.4) is 0 Å². The van der Waals surface area contributed by atoms with Crippen molar-refractivity contribution in [3.63, 3.8) is 0 Å². The fourth-order valence-corrected chi connectivity index (χ4v) is 1.99. The van der Waals surface area contributed by atoms with Crippen LogP contribution in [-0.2, 0) is 0 Å². The molecule has 102 valence electrons. The van der Waals surface area contributed by atoms with E-state index in [4.69, 9.17) is 5.26 Å². The van der Waals surface area contributed by atoms with Crippen LogP contribution in [0.25, 0.3) is 22.4 Å². The predicted molar refractivity (Wildman–Crippen MR) is 69.7 cm³/mol. The molecule has 0 saturated heterocycles. The van der Waals surface area contributed by atoms with Crippen molar-refractivity contribution in [3.05, 3.63) is 54.0 Å². The Labute approximate surface area is 117 Å². The van der Waals surface area contributed by atoms with E-state index in [0.29, 0.717) is 22.4 Å². The van der Waals surface area contributed by atoms with Gasteiger partial charge in [0.2, 0.25) is 11.9 Å². The van der Waals surface area contributed by atoms with Gasteiger partial charge in [-0.2, -0.15) is 29.3 Å². The minimum atomic E-state index is -0.894. The van der Waals surface area contributed by atoms with E-state index in [1.165, 1.54) is 0 Å². The molecule has 7 heteroatoms. The molecule has 0 fully saturated rings. The molecule has 0 saturated carbocycles. The first-order valence-corrected chi connectivity index (χ1v) is 5.92. The van der Waals surface area contributed by atoms with Crippen LogP contribution in [0.1, 0.15) is 5.69 Å². The normalized spacial score (nSPS) is 10.3. The second-order valence-electron chi connectivity index (χ2n) is 4.21. The highest BCUT2D eigenvalue weighted by molar-refractivity contribution is 5.72. The number of halogens is 2. The van der Waals surface area contributed by atoms with Crippen LogP contribution in [0, 0.1) is 23.2 Å². The van der Waals surface area contributed by atoms with E-state index in [-0.39, 0.29) is 5.69 Å². The lowest BCUT2D eigenvalue weighted by molar-refractivity contribution is 0.513. The van der Waals surface area contributed by atoms with Gasteiger partial charge in [0.05, 0.1) is 0 Å². The van der Waals surface area contributed by atoms with E-state index >= 15 is 0 Å². The monoisotopic (exact) mass is 283 g/mol. The van der Waals surface area contributed by atoms with Crippen molar-refractivity contribution in [2.75, 3.05) is 0 Å². The van der Waals surface area contributed by atoms with Crippen molar-refractivity contribution in [2.45, 2.75) is 0 Å². The first-order valence-electron chi connectivity index (χ1n) is 5.92. The highest BCUT2D eigenvalue weighted by Gasteiger charge is 2.11.